The molecule has 0 radical (unpaired) electrons. The first-order valence-electron chi connectivity index (χ1n) is 10.3. The molecule has 0 fully saturated rings. The van der Waals surface area contributed by atoms with Crippen LogP contribution in [0.15, 0.2) is 42.6 Å². The van der Waals surface area contributed by atoms with Gasteiger partial charge in [-0.3, -0.25) is 14.0 Å². The SMILES string of the molecule is CCN(CC)CCNC(=O)c1ccc(NC(=O)c2c(C)nc3ccc(C)cn23)cc1. The number of nitrogens with one attached hydrogen (secondary N) is 2. The lowest BCUT2D eigenvalue weighted by molar-refractivity contribution is 0.0948. The Morgan fingerprint density at radius 3 is 2.37 bits per heavy atom. The number of anilines is 1. The smallest absolute Gasteiger partial charge is 0.274 e. The van der Waals surface area contributed by atoms with Crippen LogP contribution in [0.4, 0.5) is 5.69 Å². The molecule has 3 rings (SSSR count). The zero-order valence-electron chi connectivity index (χ0n) is 18.0. The monoisotopic (exact) mass is 407 g/mol. The third-order valence-corrected chi connectivity index (χ3v) is 5.17. The van der Waals surface area contributed by atoms with Gasteiger partial charge in [0.1, 0.15) is 11.3 Å². The quantitative estimate of drug-likeness (QED) is 0.601. The molecule has 2 amide bonds. The van der Waals surface area contributed by atoms with E-state index in [0.29, 0.717) is 29.2 Å². The summed E-state index contributed by atoms with van der Waals surface area (Å²) in [7, 11) is 0. The summed E-state index contributed by atoms with van der Waals surface area (Å²) < 4.78 is 1.80. The molecule has 7 nitrogen and oxygen atoms in total. The third-order valence-electron chi connectivity index (χ3n) is 5.17. The summed E-state index contributed by atoms with van der Waals surface area (Å²) >= 11 is 0. The number of fused-ring (bicyclic) bond motifs is 1. The molecule has 0 aliphatic heterocycles. The molecule has 0 atom stereocenters. The number of carbonyl (C=O) groups is 2. The maximum Gasteiger partial charge on any atom is 0.274 e. The number of aryl methyl sites for hydroxylation is 2. The van der Waals surface area contributed by atoms with Crippen molar-refractivity contribution in [3.05, 3.63) is 65.1 Å². The van der Waals surface area contributed by atoms with Gasteiger partial charge in [0.25, 0.3) is 11.8 Å². The van der Waals surface area contributed by atoms with Crippen molar-refractivity contribution < 1.29 is 9.59 Å². The standard InChI is InChI=1S/C23H29N5O2/c1-5-27(6-2)14-13-24-22(29)18-8-10-19(11-9-18)26-23(30)21-17(4)25-20-12-7-16(3)15-28(20)21/h7-12,15H,5-6,13-14H2,1-4H3,(H,24,29)(H,26,30). The molecule has 0 bridgehead atoms. The van der Waals surface area contributed by atoms with Crippen LogP contribution in [0, 0.1) is 13.8 Å². The second-order valence-corrected chi connectivity index (χ2v) is 7.29. The van der Waals surface area contributed by atoms with Gasteiger partial charge in [0.05, 0.1) is 5.69 Å². The summed E-state index contributed by atoms with van der Waals surface area (Å²) in [5, 5.41) is 5.83. The van der Waals surface area contributed by atoms with Crippen molar-refractivity contribution in [2.75, 3.05) is 31.5 Å². The summed E-state index contributed by atoms with van der Waals surface area (Å²) in [4.78, 5) is 31.9. The Morgan fingerprint density at radius 2 is 1.70 bits per heavy atom. The molecule has 0 saturated heterocycles. The van der Waals surface area contributed by atoms with Gasteiger partial charge < -0.3 is 15.5 Å². The van der Waals surface area contributed by atoms with Crippen LogP contribution >= 0.6 is 0 Å². The topological polar surface area (TPSA) is 78.7 Å². The van der Waals surface area contributed by atoms with E-state index in [1.807, 2.05) is 32.2 Å². The van der Waals surface area contributed by atoms with E-state index in [1.54, 1.807) is 28.7 Å². The zero-order valence-corrected chi connectivity index (χ0v) is 18.0. The van der Waals surface area contributed by atoms with Crippen LogP contribution in [0.25, 0.3) is 5.65 Å². The molecule has 2 aromatic heterocycles. The fourth-order valence-corrected chi connectivity index (χ4v) is 3.41. The van der Waals surface area contributed by atoms with Crippen molar-refractivity contribution in [2.45, 2.75) is 27.7 Å². The lowest BCUT2D eigenvalue weighted by Crippen LogP contribution is -2.34. The van der Waals surface area contributed by atoms with Crippen LogP contribution in [0.2, 0.25) is 0 Å². The second-order valence-electron chi connectivity index (χ2n) is 7.29. The maximum atomic E-state index is 12.8. The molecule has 0 unspecified atom stereocenters. The normalized spacial score (nSPS) is 11.1. The lowest BCUT2D eigenvalue weighted by atomic mass is 10.2. The summed E-state index contributed by atoms with van der Waals surface area (Å²) in [6, 6.07) is 10.8. The molecule has 2 heterocycles. The zero-order chi connectivity index (χ0) is 21.7. The van der Waals surface area contributed by atoms with Crippen LogP contribution in [0.3, 0.4) is 0 Å². The van der Waals surface area contributed by atoms with Crippen LogP contribution in [0.1, 0.15) is 46.0 Å². The second kappa shape index (κ2) is 9.54. The Morgan fingerprint density at radius 1 is 1.00 bits per heavy atom. The Hall–Kier alpha value is -3.19. The number of amides is 2. The highest BCUT2D eigenvalue weighted by atomic mass is 16.2. The molecular formula is C23H29N5O2. The average molecular weight is 408 g/mol. The van der Waals surface area contributed by atoms with Gasteiger partial charge in [-0.2, -0.15) is 0 Å². The highest BCUT2D eigenvalue weighted by Gasteiger charge is 2.17. The van der Waals surface area contributed by atoms with E-state index in [4.69, 9.17) is 0 Å². The van der Waals surface area contributed by atoms with E-state index in [1.165, 1.54) is 0 Å². The first-order valence-corrected chi connectivity index (χ1v) is 10.3. The van der Waals surface area contributed by atoms with Crippen molar-refractivity contribution in [3.8, 4) is 0 Å². The molecular weight excluding hydrogens is 378 g/mol. The first-order chi connectivity index (χ1) is 14.4. The van der Waals surface area contributed by atoms with Gasteiger partial charge in [-0.05, 0) is 62.8 Å². The minimum atomic E-state index is -0.234. The maximum absolute atomic E-state index is 12.8. The van der Waals surface area contributed by atoms with Crippen LogP contribution in [-0.2, 0) is 0 Å². The number of likely N-dealkylation sites (N-methyl/N-ethyl adjacent to an activating group) is 1. The van der Waals surface area contributed by atoms with Gasteiger partial charge in [-0.15, -0.1) is 0 Å². The molecule has 3 aromatic rings. The molecule has 158 valence electrons. The van der Waals surface area contributed by atoms with E-state index in [0.717, 1.165) is 30.8 Å². The van der Waals surface area contributed by atoms with Gasteiger partial charge in [-0.1, -0.05) is 19.9 Å². The van der Waals surface area contributed by atoms with Crippen molar-refractivity contribution in [1.29, 1.82) is 0 Å². The van der Waals surface area contributed by atoms with Gasteiger partial charge in [0.15, 0.2) is 0 Å². The minimum absolute atomic E-state index is 0.117. The van der Waals surface area contributed by atoms with Crippen molar-refractivity contribution in [2.24, 2.45) is 0 Å². The van der Waals surface area contributed by atoms with Crippen molar-refractivity contribution in [1.82, 2.24) is 19.6 Å². The average Bonchev–Trinajstić information content (AvgIpc) is 3.06. The van der Waals surface area contributed by atoms with Gasteiger partial charge in [0.2, 0.25) is 0 Å². The number of nitrogens with zero attached hydrogens (tertiary/aromatic N) is 3. The van der Waals surface area contributed by atoms with Crippen LogP contribution < -0.4 is 10.6 Å². The molecule has 7 heteroatoms. The summed E-state index contributed by atoms with van der Waals surface area (Å²) in [5.74, 6) is -0.352. The van der Waals surface area contributed by atoms with E-state index in [9.17, 15) is 9.59 Å². The molecule has 30 heavy (non-hydrogen) atoms. The van der Waals surface area contributed by atoms with Gasteiger partial charge in [0, 0.05) is 30.5 Å². The highest BCUT2D eigenvalue weighted by Crippen LogP contribution is 2.16. The Kier molecular flexibility index (Phi) is 6.84. The van der Waals surface area contributed by atoms with Crippen LogP contribution in [-0.4, -0.2) is 52.3 Å². The van der Waals surface area contributed by atoms with E-state index in [2.05, 4.69) is 34.4 Å². The number of pyridine rings is 1. The number of hydrogen-bond donors (Lipinski definition) is 2. The highest BCUT2D eigenvalue weighted by molar-refractivity contribution is 6.04. The van der Waals surface area contributed by atoms with Gasteiger partial charge >= 0.3 is 0 Å². The lowest BCUT2D eigenvalue weighted by Gasteiger charge is -2.18. The molecule has 0 saturated carbocycles. The number of carbonyl (C=O) groups excluding carboxylic acids is 2. The molecule has 0 aliphatic carbocycles. The number of rotatable bonds is 8. The van der Waals surface area contributed by atoms with Crippen LogP contribution in [0.5, 0.6) is 0 Å². The van der Waals surface area contributed by atoms with E-state index >= 15 is 0 Å². The minimum Gasteiger partial charge on any atom is -0.351 e. The largest absolute Gasteiger partial charge is 0.351 e. The summed E-state index contributed by atoms with van der Waals surface area (Å²) in [5.41, 5.74) is 4.15. The summed E-state index contributed by atoms with van der Waals surface area (Å²) in [6.07, 6.45) is 1.90. The van der Waals surface area contributed by atoms with Crippen molar-refractivity contribution in [3.63, 3.8) is 0 Å². The molecule has 0 aliphatic rings. The Bertz CT molecular complexity index is 1040. The predicted octanol–water partition coefficient (Wildman–Crippen LogP) is 3.28. The van der Waals surface area contributed by atoms with E-state index < -0.39 is 0 Å². The Labute approximate surface area is 177 Å². The molecule has 0 spiro atoms. The number of aromatic nitrogens is 2. The fourth-order valence-electron chi connectivity index (χ4n) is 3.41. The first kappa shape index (κ1) is 21.5. The molecule has 1 aromatic carbocycles. The van der Waals surface area contributed by atoms with E-state index in [-0.39, 0.29) is 11.8 Å². The summed E-state index contributed by atoms with van der Waals surface area (Å²) in [6.45, 7) is 11.4. The Balaban J connectivity index is 1.64. The van der Waals surface area contributed by atoms with Gasteiger partial charge in [-0.25, -0.2) is 4.98 Å². The third kappa shape index (κ3) is 4.86. The fraction of sp³-hybridized carbons (Fsp3) is 0.348. The van der Waals surface area contributed by atoms with Crippen molar-refractivity contribution >= 4 is 23.1 Å². The predicted molar refractivity (Wildman–Crippen MR) is 119 cm³/mol. The number of imidazole rings is 1. The number of hydrogen-bond acceptors (Lipinski definition) is 4. The molecule has 2 N–H and O–H groups in total. The number of benzene rings is 1.